The maximum absolute atomic E-state index is 11.4. The molecular formula is C13H13ClN4O. The highest BCUT2D eigenvalue weighted by atomic mass is 35.5. The van der Waals surface area contributed by atoms with Gasteiger partial charge in [0.25, 0.3) is 5.91 Å². The molecule has 0 spiro atoms. The zero-order valence-corrected chi connectivity index (χ0v) is 10.8. The minimum absolute atomic E-state index is 0.241. The summed E-state index contributed by atoms with van der Waals surface area (Å²) in [6.07, 6.45) is 1.45. The maximum Gasteiger partial charge on any atom is 0.252 e. The Morgan fingerprint density at radius 1 is 1.37 bits per heavy atom. The van der Waals surface area contributed by atoms with Gasteiger partial charge in [0.15, 0.2) is 0 Å². The van der Waals surface area contributed by atoms with Gasteiger partial charge < -0.3 is 16.8 Å². The van der Waals surface area contributed by atoms with Crippen molar-refractivity contribution in [3.05, 3.63) is 52.7 Å². The molecule has 1 aromatic heterocycles. The van der Waals surface area contributed by atoms with Gasteiger partial charge >= 0.3 is 0 Å². The zero-order chi connectivity index (χ0) is 13.8. The quantitative estimate of drug-likeness (QED) is 0.796. The molecule has 1 heterocycles. The van der Waals surface area contributed by atoms with Crippen molar-refractivity contribution in [2.24, 2.45) is 11.5 Å². The van der Waals surface area contributed by atoms with Crippen LogP contribution in [0.1, 0.15) is 15.9 Å². The van der Waals surface area contributed by atoms with Crippen molar-refractivity contribution in [2.75, 3.05) is 5.32 Å². The van der Waals surface area contributed by atoms with Gasteiger partial charge in [-0.05, 0) is 23.8 Å². The number of nitrogens with zero attached hydrogens (tertiary/aromatic N) is 1. The first-order valence-electron chi connectivity index (χ1n) is 5.61. The Balaban J connectivity index is 2.34. The molecule has 19 heavy (non-hydrogen) atoms. The molecule has 5 nitrogen and oxygen atoms in total. The number of carbonyl (C=O) groups is 1. The SMILES string of the molecule is NCc1cccc(Nc2ncc(Cl)cc2C(N)=O)c1. The van der Waals surface area contributed by atoms with E-state index in [-0.39, 0.29) is 5.56 Å². The van der Waals surface area contributed by atoms with Crippen LogP contribution in [0.4, 0.5) is 11.5 Å². The Bertz CT molecular complexity index is 615. The third-order valence-electron chi connectivity index (χ3n) is 2.55. The smallest absolute Gasteiger partial charge is 0.252 e. The van der Waals surface area contributed by atoms with Crippen LogP contribution in [0, 0.1) is 0 Å². The summed E-state index contributed by atoms with van der Waals surface area (Å²) >= 11 is 5.80. The van der Waals surface area contributed by atoms with E-state index in [1.165, 1.54) is 12.3 Å². The maximum atomic E-state index is 11.4. The molecule has 0 saturated heterocycles. The van der Waals surface area contributed by atoms with E-state index in [1.807, 2.05) is 24.3 Å². The number of anilines is 2. The van der Waals surface area contributed by atoms with E-state index in [0.29, 0.717) is 17.4 Å². The van der Waals surface area contributed by atoms with Gasteiger partial charge in [-0.15, -0.1) is 0 Å². The van der Waals surface area contributed by atoms with E-state index < -0.39 is 5.91 Å². The van der Waals surface area contributed by atoms with Crippen LogP contribution in [0.15, 0.2) is 36.5 Å². The molecule has 1 aromatic carbocycles. The zero-order valence-electron chi connectivity index (χ0n) is 10.1. The lowest BCUT2D eigenvalue weighted by molar-refractivity contribution is 0.100. The highest BCUT2D eigenvalue weighted by molar-refractivity contribution is 6.31. The molecule has 0 unspecified atom stereocenters. The Morgan fingerprint density at radius 2 is 2.16 bits per heavy atom. The largest absolute Gasteiger partial charge is 0.365 e. The van der Waals surface area contributed by atoms with Gasteiger partial charge in [0.2, 0.25) is 0 Å². The molecule has 0 aliphatic carbocycles. The minimum Gasteiger partial charge on any atom is -0.365 e. The van der Waals surface area contributed by atoms with Crippen LogP contribution in [0.2, 0.25) is 5.02 Å². The number of benzene rings is 1. The number of carbonyl (C=O) groups excluding carboxylic acids is 1. The van der Waals surface area contributed by atoms with Crippen LogP contribution >= 0.6 is 11.6 Å². The number of nitrogens with two attached hydrogens (primary N) is 2. The first kappa shape index (κ1) is 13.3. The van der Waals surface area contributed by atoms with E-state index in [9.17, 15) is 4.79 Å². The highest BCUT2D eigenvalue weighted by Gasteiger charge is 2.10. The van der Waals surface area contributed by atoms with Crippen molar-refractivity contribution in [3.63, 3.8) is 0 Å². The minimum atomic E-state index is -0.590. The van der Waals surface area contributed by atoms with Crippen molar-refractivity contribution < 1.29 is 4.79 Å². The molecular weight excluding hydrogens is 264 g/mol. The van der Waals surface area contributed by atoms with E-state index in [4.69, 9.17) is 23.1 Å². The number of hydrogen-bond acceptors (Lipinski definition) is 4. The summed E-state index contributed by atoms with van der Waals surface area (Å²) < 4.78 is 0. The van der Waals surface area contributed by atoms with Gasteiger partial charge in [0, 0.05) is 18.4 Å². The number of hydrogen-bond donors (Lipinski definition) is 3. The predicted molar refractivity (Wildman–Crippen MR) is 75.4 cm³/mol. The van der Waals surface area contributed by atoms with E-state index in [1.54, 1.807) is 0 Å². The predicted octanol–water partition coefficient (Wildman–Crippen LogP) is 2.04. The Labute approximate surface area is 115 Å². The van der Waals surface area contributed by atoms with E-state index in [0.717, 1.165) is 11.3 Å². The molecule has 6 heteroatoms. The van der Waals surface area contributed by atoms with Gasteiger partial charge in [-0.25, -0.2) is 4.98 Å². The Kier molecular flexibility index (Phi) is 3.99. The number of aromatic nitrogens is 1. The average molecular weight is 277 g/mol. The molecule has 98 valence electrons. The highest BCUT2D eigenvalue weighted by Crippen LogP contribution is 2.21. The van der Waals surface area contributed by atoms with Crippen molar-refractivity contribution in [1.29, 1.82) is 0 Å². The second-order valence-corrected chi connectivity index (χ2v) is 4.38. The number of rotatable bonds is 4. The summed E-state index contributed by atoms with van der Waals surface area (Å²) in [4.78, 5) is 15.4. The number of amides is 1. The lowest BCUT2D eigenvalue weighted by atomic mass is 10.2. The fourth-order valence-corrected chi connectivity index (χ4v) is 1.80. The topological polar surface area (TPSA) is 94.0 Å². The summed E-state index contributed by atoms with van der Waals surface area (Å²) in [5.74, 6) is -0.224. The second kappa shape index (κ2) is 5.69. The summed E-state index contributed by atoms with van der Waals surface area (Å²) in [7, 11) is 0. The van der Waals surface area contributed by atoms with E-state index >= 15 is 0 Å². The number of primary amides is 1. The molecule has 0 saturated carbocycles. The summed E-state index contributed by atoms with van der Waals surface area (Å²) in [6, 6.07) is 8.98. The Morgan fingerprint density at radius 3 is 2.84 bits per heavy atom. The fourth-order valence-electron chi connectivity index (χ4n) is 1.64. The monoisotopic (exact) mass is 276 g/mol. The van der Waals surface area contributed by atoms with Crippen molar-refractivity contribution in [2.45, 2.75) is 6.54 Å². The molecule has 0 atom stereocenters. The van der Waals surface area contributed by atoms with Crippen molar-refractivity contribution in [3.8, 4) is 0 Å². The van der Waals surface area contributed by atoms with Crippen molar-refractivity contribution in [1.82, 2.24) is 4.98 Å². The van der Waals surface area contributed by atoms with Crippen LogP contribution < -0.4 is 16.8 Å². The van der Waals surface area contributed by atoms with E-state index in [2.05, 4.69) is 10.3 Å². The molecule has 0 aliphatic heterocycles. The number of nitrogens with one attached hydrogen (secondary N) is 1. The lowest BCUT2D eigenvalue weighted by Gasteiger charge is -2.10. The molecule has 0 fully saturated rings. The summed E-state index contributed by atoms with van der Waals surface area (Å²) in [6.45, 7) is 0.437. The number of halogens is 1. The standard InChI is InChI=1S/C13H13ClN4O/c14-9-5-11(12(16)19)13(17-7-9)18-10-3-1-2-8(4-10)6-15/h1-5,7H,6,15H2,(H2,16,19)(H,17,18). The second-order valence-electron chi connectivity index (χ2n) is 3.94. The molecule has 1 amide bonds. The third-order valence-corrected chi connectivity index (χ3v) is 2.75. The third kappa shape index (κ3) is 3.21. The van der Waals surface area contributed by atoms with Crippen LogP contribution in [-0.2, 0) is 6.54 Å². The Hall–Kier alpha value is -2.11. The molecule has 2 aromatic rings. The molecule has 5 N–H and O–H groups in total. The van der Waals surface area contributed by atoms with Crippen LogP contribution in [0.25, 0.3) is 0 Å². The summed E-state index contributed by atoms with van der Waals surface area (Å²) in [5, 5.41) is 3.39. The van der Waals surface area contributed by atoms with Gasteiger partial charge in [-0.2, -0.15) is 0 Å². The fraction of sp³-hybridized carbons (Fsp3) is 0.0769. The lowest BCUT2D eigenvalue weighted by Crippen LogP contribution is -2.14. The molecule has 2 rings (SSSR count). The summed E-state index contributed by atoms with van der Waals surface area (Å²) in [5.41, 5.74) is 12.9. The van der Waals surface area contributed by atoms with Crippen LogP contribution in [0.3, 0.4) is 0 Å². The first-order valence-corrected chi connectivity index (χ1v) is 5.99. The average Bonchev–Trinajstić information content (AvgIpc) is 2.41. The van der Waals surface area contributed by atoms with Crippen molar-refractivity contribution >= 4 is 29.0 Å². The number of pyridine rings is 1. The molecule has 0 bridgehead atoms. The molecule has 0 radical (unpaired) electrons. The van der Waals surface area contributed by atoms with Gasteiger partial charge in [-0.3, -0.25) is 4.79 Å². The van der Waals surface area contributed by atoms with Crippen LogP contribution in [-0.4, -0.2) is 10.9 Å². The van der Waals surface area contributed by atoms with Crippen LogP contribution in [0.5, 0.6) is 0 Å². The van der Waals surface area contributed by atoms with Gasteiger partial charge in [-0.1, -0.05) is 23.7 Å². The molecule has 0 aliphatic rings. The first-order chi connectivity index (χ1) is 9.10. The normalized spacial score (nSPS) is 10.2. The van der Waals surface area contributed by atoms with Gasteiger partial charge in [0.05, 0.1) is 10.6 Å². The van der Waals surface area contributed by atoms with Gasteiger partial charge in [0.1, 0.15) is 5.82 Å².